The van der Waals surface area contributed by atoms with Crippen molar-refractivity contribution in [2.24, 2.45) is 0 Å². The van der Waals surface area contributed by atoms with Gasteiger partial charge in [0.25, 0.3) is 0 Å². The summed E-state index contributed by atoms with van der Waals surface area (Å²) >= 11 is 12.6. The van der Waals surface area contributed by atoms with Crippen LogP contribution in [0.25, 0.3) is 11.1 Å². The van der Waals surface area contributed by atoms with Gasteiger partial charge in [-0.05, 0) is 38.1 Å². The fourth-order valence-corrected chi connectivity index (χ4v) is 2.85. The van der Waals surface area contributed by atoms with E-state index in [0.717, 1.165) is 0 Å². The second-order valence-corrected chi connectivity index (χ2v) is 5.58. The maximum atomic E-state index is 12.3. The number of esters is 2. The number of hydrogen-bond donors (Lipinski definition) is 0. The Morgan fingerprint density at radius 3 is 1.50 bits per heavy atom. The number of carbonyl (C=O) groups excluding carboxylic acids is 2. The van der Waals surface area contributed by atoms with Crippen LogP contribution in [0.5, 0.6) is 0 Å². The number of ether oxygens (including phenoxy) is 2. The first-order valence-corrected chi connectivity index (χ1v) is 8.18. The van der Waals surface area contributed by atoms with Gasteiger partial charge in [0.05, 0.1) is 24.3 Å². The average molecular weight is 367 g/mol. The van der Waals surface area contributed by atoms with Gasteiger partial charge in [-0.2, -0.15) is 0 Å². The van der Waals surface area contributed by atoms with Crippen LogP contribution in [0.15, 0.2) is 36.4 Å². The lowest BCUT2D eigenvalue weighted by molar-refractivity contribution is 0.0515. The van der Waals surface area contributed by atoms with Crippen molar-refractivity contribution in [2.45, 2.75) is 13.8 Å². The lowest BCUT2D eigenvalue weighted by atomic mass is 9.95. The standard InChI is InChI=1S/C18H16Cl2O4/c1-3-23-17(21)11-7-5-9-13(19)15(11)16-12(18(22)24-4-2)8-6-10-14(16)20/h5-10H,3-4H2,1-2H3. The van der Waals surface area contributed by atoms with E-state index in [0.29, 0.717) is 21.2 Å². The lowest BCUT2D eigenvalue weighted by Gasteiger charge is -2.15. The summed E-state index contributed by atoms with van der Waals surface area (Å²) in [6, 6.07) is 9.68. The van der Waals surface area contributed by atoms with Crippen molar-refractivity contribution >= 4 is 35.1 Å². The van der Waals surface area contributed by atoms with Gasteiger partial charge in [-0.15, -0.1) is 0 Å². The van der Waals surface area contributed by atoms with E-state index in [1.54, 1.807) is 50.2 Å². The van der Waals surface area contributed by atoms with E-state index in [1.165, 1.54) is 0 Å². The maximum Gasteiger partial charge on any atom is 0.338 e. The fourth-order valence-electron chi connectivity index (χ4n) is 2.31. The van der Waals surface area contributed by atoms with Crippen LogP contribution in [0.2, 0.25) is 10.0 Å². The van der Waals surface area contributed by atoms with Gasteiger partial charge in [0, 0.05) is 21.2 Å². The molecule has 2 aromatic carbocycles. The molecular weight excluding hydrogens is 351 g/mol. The molecule has 0 saturated carbocycles. The first-order chi connectivity index (χ1) is 11.5. The molecule has 0 saturated heterocycles. The summed E-state index contributed by atoms with van der Waals surface area (Å²) in [5.74, 6) is -1.07. The molecular formula is C18H16Cl2O4. The van der Waals surface area contributed by atoms with Crippen molar-refractivity contribution in [3.05, 3.63) is 57.6 Å². The number of benzene rings is 2. The van der Waals surface area contributed by atoms with Gasteiger partial charge in [0.1, 0.15) is 0 Å². The van der Waals surface area contributed by atoms with Gasteiger partial charge in [-0.1, -0.05) is 35.3 Å². The SMILES string of the molecule is CCOC(=O)c1cccc(Cl)c1-c1c(Cl)cccc1C(=O)OCC. The monoisotopic (exact) mass is 366 g/mol. The molecule has 0 unspecified atom stereocenters. The van der Waals surface area contributed by atoms with E-state index in [1.807, 2.05) is 0 Å². The highest BCUT2D eigenvalue weighted by Crippen LogP contribution is 2.39. The van der Waals surface area contributed by atoms with E-state index >= 15 is 0 Å². The van der Waals surface area contributed by atoms with Crippen LogP contribution in [0.4, 0.5) is 0 Å². The largest absolute Gasteiger partial charge is 0.462 e. The zero-order valence-corrected chi connectivity index (χ0v) is 14.8. The second kappa shape index (κ2) is 8.18. The second-order valence-electron chi connectivity index (χ2n) is 4.77. The van der Waals surface area contributed by atoms with Crippen LogP contribution in [0.1, 0.15) is 34.6 Å². The van der Waals surface area contributed by atoms with Crippen molar-refractivity contribution in [1.29, 1.82) is 0 Å². The lowest BCUT2D eigenvalue weighted by Crippen LogP contribution is -2.10. The van der Waals surface area contributed by atoms with Crippen molar-refractivity contribution in [2.75, 3.05) is 13.2 Å². The van der Waals surface area contributed by atoms with Crippen molar-refractivity contribution < 1.29 is 19.1 Å². The Morgan fingerprint density at radius 2 is 1.17 bits per heavy atom. The molecule has 0 radical (unpaired) electrons. The molecule has 0 aliphatic heterocycles. The number of hydrogen-bond acceptors (Lipinski definition) is 4. The Morgan fingerprint density at radius 1 is 0.792 bits per heavy atom. The molecule has 0 N–H and O–H groups in total. The fraction of sp³-hybridized carbons (Fsp3) is 0.222. The number of carbonyl (C=O) groups is 2. The molecule has 6 heteroatoms. The summed E-state index contributed by atoms with van der Waals surface area (Å²) in [4.78, 5) is 24.5. The van der Waals surface area contributed by atoms with Gasteiger partial charge in [-0.3, -0.25) is 0 Å². The molecule has 0 atom stereocenters. The summed E-state index contributed by atoms with van der Waals surface area (Å²) < 4.78 is 10.2. The summed E-state index contributed by atoms with van der Waals surface area (Å²) in [7, 11) is 0. The maximum absolute atomic E-state index is 12.3. The highest BCUT2D eigenvalue weighted by Gasteiger charge is 2.24. The molecule has 0 aromatic heterocycles. The first kappa shape index (κ1) is 18.3. The van der Waals surface area contributed by atoms with Crippen LogP contribution in [-0.4, -0.2) is 25.2 Å². The van der Waals surface area contributed by atoms with Crippen LogP contribution in [0.3, 0.4) is 0 Å². The van der Waals surface area contributed by atoms with Crippen LogP contribution in [0, 0.1) is 0 Å². The predicted octanol–water partition coefficient (Wildman–Crippen LogP) is 5.01. The third-order valence-corrected chi connectivity index (χ3v) is 3.90. The molecule has 0 aliphatic rings. The van der Waals surface area contributed by atoms with E-state index in [9.17, 15) is 9.59 Å². The van der Waals surface area contributed by atoms with Crippen LogP contribution >= 0.6 is 23.2 Å². The van der Waals surface area contributed by atoms with E-state index in [2.05, 4.69) is 0 Å². The normalized spacial score (nSPS) is 10.3. The van der Waals surface area contributed by atoms with Crippen LogP contribution in [-0.2, 0) is 9.47 Å². The minimum Gasteiger partial charge on any atom is -0.462 e. The molecule has 0 amide bonds. The molecule has 0 aliphatic carbocycles. The van der Waals surface area contributed by atoms with Gasteiger partial charge in [0.15, 0.2) is 0 Å². The zero-order valence-electron chi connectivity index (χ0n) is 13.3. The van der Waals surface area contributed by atoms with E-state index in [4.69, 9.17) is 32.7 Å². The average Bonchev–Trinajstić information content (AvgIpc) is 2.55. The van der Waals surface area contributed by atoms with Crippen molar-refractivity contribution in [3.63, 3.8) is 0 Å². The molecule has 4 nitrogen and oxygen atoms in total. The molecule has 2 rings (SSSR count). The summed E-state index contributed by atoms with van der Waals surface area (Å²) in [5, 5.41) is 0.582. The minimum absolute atomic E-state index is 0.220. The van der Waals surface area contributed by atoms with Gasteiger partial charge in [-0.25, -0.2) is 9.59 Å². The smallest absolute Gasteiger partial charge is 0.338 e. The summed E-state index contributed by atoms with van der Waals surface area (Å²) in [6.07, 6.45) is 0. The van der Waals surface area contributed by atoms with Gasteiger partial charge in [0.2, 0.25) is 0 Å². The molecule has 24 heavy (non-hydrogen) atoms. The number of halogens is 2. The van der Waals surface area contributed by atoms with E-state index < -0.39 is 11.9 Å². The Kier molecular flexibility index (Phi) is 6.23. The molecule has 0 fully saturated rings. The Labute approximate surface area is 150 Å². The quantitative estimate of drug-likeness (QED) is 0.697. The minimum atomic E-state index is -0.537. The van der Waals surface area contributed by atoms with Gasteiger partial charge >= 0.3 is 11.9 Å². The van der Waals surface area contributed by atoms with Gasteiger partial charge < -0.3 is 9.47 Å². The topological polar surface area (TPSA) is 52.6 Å². The van der Waals surface area contributed by atoms with Crippen molar-refractivity contribution in [3.8, 4) is 11.1 Å². The molecule has 0 bridgehead atoms. The Bertz CT molecular complexity index is 706. The molecule has 0 spiro atoms. The van der Waals surface area contributed by atoms with Crippen LogP contribution < -0.4 is 0 Å². The van der Waals surface area contributed by atoms with E-state index in [-0.39, 0.29) is 24.3 Å². The highest BCUT2D eigenvalue weighted by molar-refractivity contribution is 6.38. The molecule has 2 aromatic rings. The zero-order chi connectivity index (χ0) is 17.7. The number of rotatable bonds is 5. The third-order valence-electron chi connectivity index (χ3n) is 3.27. The summed E-state index contributed by atoms with van der Waals surface area (Å²) in [5.41, 5.74) is 1.18. The predicted molar refractivity (Wildman–Crippen MR) is 93.8 cm³/mol. The molecule has 0 heterocycles. The molecule has 126 valence electrons. The Balaban J connectivity index is 2.73. The Hall–Kier alpha value is -2.04. The van der Waals surface area contributed by atoms with Crippen molar-refractivity contribution in [1.82, 2.24) is 0 Å². The highest BCUT2D eigenvalue weighted by atomic mass is 35.5. The summed E-state index contributed by atoms with van der Waals surface area (Å²) in [6.45, 7) is 3.86. The third kappa shape index (κ3) is 3.71. The first-order valence-electron chi connectivity index (χ1n) is 7.42.